The van der Waals surface area contributed by atoms with E-state index in [2.05, 4.69) is 31.9 Å². The molecule has 3 aromatic rings. The van der Waals surface area contributed by atoms with E-state index in [1.54, 1.807) is 27.9 Å². The SMILES string of the molecule is CNC(C)C(=O)NC1CC(C(C(=O)NCc2ccc(CNC(=O)C(c3ccccc3)C3CC(NC(=O)C(C)NC)C(=O)N4C(CC(C)(C)C4C(N)=O)S3)cc2)c2ccccc2)SC2CC(C)(C)C(C(N)=O)N2C1=O. The number of fused-ring (bicyclic) bond motifs is 2. The summed E-state index contributed by atoms with van der Waals surface area (Å²) < 4.78 is 0. The molecule has 74 heavy (non-hydrogen) atoms. The minimum Gasteiger partial charge on any atom is -0.368 e. The van der Waals surface area contributed by atoms with Gasteiger partial charge in [-0.1, -0.05) is 113 Å². The predicted molar refractivity (Wildman–Crippen MR) is 285 cm³/mol. The Bertz CT molecular complexity index is 2400. The van der Waals surface area contributed by atoms with Gasteiger partial charge in [0.05, 0.1) is 34.7 Å². The van der Waals surface area contributed by atoms with Crippen molar-refractivity contribution in [2.45, 2.75) is 150 Å². The molecule has 0 saturated carbocycles. The van der Waals surface area contributed by atoms with Gasteiger partial charge in [0.2, 0.25) is 47.3 Å². The molecule has 0 spiro atoms. The van der Waals surface area contributed by atoms with Gasteiger partial charge in [0.1, 0.15) is 24.2 Å². The van der Waals surface area contributed by atoms with E-state index < -0.39 is 104 Å². The van der Waals surface area contributed by atoms with Crippen LogP contribution in [0, 0.1) is 10.8 Å². The van der Waals surface area contributed by atoms with Gasteiger partial charge in [0.25, 0.3) is 0 Å². The van der Waals surface area contributed by atoms with Gasteiger partial charge in [-0.05, 0) is 86.7 Å². The second-order valence-corrected chi connectivity index (χ2v) is 24.2. The molecule has 20 heteroatoms. The fraction of sp³-hybridized carbons (Fsp3) is 0.519. The highest BCUT2D eigenvalue weighted by atomic mass is 32.2. The van der Waals surface area contributed by atoms with Gasteiger partial charge >= 0.3 is 0 Å². The zero-order valence-electron chi connectivity index (χ0n) is 43.4. The van der Waals surface area contributed by atoms with Crippen LogP contribution in [0.15, 0.2) is 84.9 Å². The Balaban J connectivity index is 1.08. The van der Waals surface area contributed by atoms with Crippen LogP contribution in [0.2, 0.25) is 0 Å². The van der Waals surface area contributed by atoms with Crippen molar-refractivity contribution in [1.82, 2.24) is 41.7 Å². The van der Waals surface area contributed by atoms with E-state index in [1.807, 2.05) is 113 Å². The van der Waals surface area contributed by atoms with Gasteiger partial charge < -0.3 is 53.2 Å². The van der Waals surface area contributed by atoms with Crippen LogP contribution in [0.3, 0.4) is 0 Å². The molecule has 12 atom stereocenters. The molecule has 7 rings (SSSR count). The Hall–Kier alpha value is -5.96. The molecule has 4 saturated heterocycles. The number of primary amides is 2. The van der Waals surface area contributed by atoms with Crippen LogP contribution in [0.25, 0.3) is 0 Å². The summed E-state index contributed by atoms with van der Waals surface area (Å²) in [6.45, 7) is 11.3. The molecule has 0 bridgehead atoms. The van der Waals surface area contributed by atoms with Crippen LogP contribution in [-0.4, -0.2) is 129 Å². The number of nitrogens with one attached hydrogen (secondary N) is 6. The summed E-state index contributed by atoms with van der Waals surface area (Å²) in [7, 11) is 3.29. The first-order chi connectivity index (χ1) is 35.1. The molecule has 0 radical (unpaired) electrons. The topological polar surface area (TPSA) is 267 Å². The fourth-order valence-electron chi connectivity index (χ4n) is 11.0. The Kier molecular flexibility index (Phi) is 17.6. The van der Waals surface area contributed by atoms with Crippen LogP contribution in [0.1, 0.15) is 101 Å². The van der Waals surface area contributed by atoms with Crippen LogP contribution in [0.5, 0.6) is 0 Å². The maximum absolute atomic E-state index is 14.6. The van der Waals surface area contributed by atoms with Gasteiger partial charge in [-0.15, -0.1) is 23.5 Å². The van der Waals surface area contributed by atoms with E-state index in [0.717, 1.165) is 22.3 Å². The molecule has 4 heterocycles. The Labute approximate surface area is 442 Å². The molecule has 0 aliphatic carbocycles. The minimum atomic E-state index is -1.03. The molecule has 18 nitrogen and oxygen atoms in total. The molecule has 4 aliphatic rings. The molecule has 4 fully saturated rings. The average Bonchev–Trinajstić information content (AvgIpc) is 3.71. The highest BCUT2D eigenvalue weighted by Crippen LogP contribution is 2.52. The molecule has 4 aliphatic heterocycles. The highest BCUT2D eigenvalue weighted by Gasteiger charge is 2.58. The normalized spacial score (nSPS) is 26.7. The summed E-state index contributed by atoms with van der Waals surface area (Å²) in [6.07, 6.45) is 1.16. The van der Waals surface area contributed by atoms with Crippen LogP contribution in [-0.2, 0) is 51.4 Å². The van der Waals surface area contributed by atoms with Gasteiger partial charge in [0.15, 0.2) is 0 Å². The molecule has 8 amide bonds. The van der Waals surface area contributed by atoms with E-state index in [4.69, 9.17) is 11.5 Å². The predicted octanol–water partition coefficient (Wildman–Crippen LogP) is 2.56. The molecule has 0 aromatic heterocycles. The number of carbonyl (C=O) groups is 8. The van der Waals surface area contributed by atoms with Gasteiger partial charge in [-0.25, -0.2) is 0 Å². The second-order valence-electron chi connectivity index (χ2n) is 21.4. The lowest BCUT2D eigenvalue weighted by Gasteiger charge is -2.32. The quantitative estimate of drug-likeness (QED) is 0.0914. The Morgan fingerprint density at radius 3 is 1.22 bits per heavy atom. The second kappa shape index (κ2) is 23.3. The first-order valence-corrected chi connectivity index (χ1v) is 27.2. The maximum atomic E-state index is 14.6. The largest absolute Gasteiger partial charge is 0.368 e. The number of carbonyl (C=O) groups excluding carboxylic acids is 8. The number of likely N-dealkylation sites (N-methyl/N-ethyl adjacent to an activating group) is 2. The van der Waals surface area contributed by atoms with Gasteiger partial charge in [0, 0.05) is 23.6 Å². The fourth-order valence-corrected chi connectivity index (χ4v) is 15.1. The maximum Gasteiger partial charge on any atom is 0.246 e. The van der Waals surface area contributed by atoms with Crippen molar-refractivity contribution in [2.24, 2.45) is 22.3 Å². The monoisotopic (exact) mass is 1050 g/mol. The number of hydrogen-bond acceptors (Lipinski definition) is 12. The van der Waals surface area contributed by atoms with E-state index in [0.29, 0.717) is 12.8 Å². The van der Waals surface area contributed by atoms with E-state index in [-0.39, 0.29) is 49.6 Å². The van der Waals surface area contributed by atoms with Gasteiger partial charge in [-0.2, -0.15) is 0 Å². The van der Waals surface area contributed by atoms with Crippen molar-refractivity contribution < 1.29 is 38.4 Å². The van der Waals surface area contributed by atoms with E-state index in [1.165, 1.54) is 33.3 Å². The number of nitrogens with zero attached hydrogens (tertiary/aromatic N) is 2. The molecule has 3 aromatic carbocycles. The lowest BCUT2D eigenvalue weighted by molar-refractivity contribution is -0.142. The number of hydrogen-bond donors (Lipinski definition) is 8. The van der Waals surface area contributed by atoms with Crippen LogP contribution >= 0.6 is 23.5 Å². The summed E-state index contributed by atoms with van der Waals surface area (Å²) in [5.74, 6) is -4.91. The Morgan fingerprint density at radius 2 is 0.905 bits per heavy atom. The summed E-state index contributed by atoms with van der Waals surface area (Å²) in [5.41, 5.74) is 13.6. The third kappa shape index (κ3) is 12.1. The van der Waals surface area contributed by atoms with E-state index in [9.17, 15) is 38.4 Å². The smallest absolute Gasteiger partial charge is 0.246 e. The number of benzene rings is 3. The lowest BCUT2D eigenvalue weighted by atomic mass is 9.84. The van der Waals surface area contributed by atoms with Crippen LogP contribution in [0.4, 0.5) is 0 Å². The number of thioether (sulfide) groups is 2. The first-order valence-electron chi connectivity index (χ1n) is 25.3. The molecule has 398 valence electrons. The lowest BCUT2D eigenvalue weighted by Crippen LogP contribution is -2.57. The van der Waals surface area contributed by atoms with Crippen LogP contribution < -0.4 is 43.4 Å². The Morgan fingerprint density at radius 1 is 0.568 bits per heavy atom. The van der Waals surface area contributed by atoms with Gasteiger partial charge in [-0.3, -0.25) is 38.4 Å². The molecule has 12 unspecified atom stereocenters. The number of rotatable bonds is 18. The number of nitrogens with two attached hydrogens (primary N) is 2. The number of amides is 8. The third-order valence-electron chi connectivity index (χ3n) is 15.2. The highest BCUT2D eigenvalue weighted by molar-refractivity contribution is 8.00. The summed E-state index contributed by atoms with van der Waals surface area (Å²) >= 11 is 2.92. The molecular formula is C54H72N10O8S2. The zero-order valence-corrected chi connectivity index (χ0v) is 45.0. The standard InChI is InChI=1S/C54H72N10O8S2/c1-29(57-7)47(67)61-35-23-37(73-39-25-53(3,4)43(45(55)65)63(39)51(35)71)41(33-15-11-9-12-16-33)49(69)59-27-31-19-21-32(22-20-31)28-60-50(70)42(34-17-13-10-14-18-34)38-24-36(62-48(68)30(2)58-8)52(72)64-40(74-38)26-54(5,6)44(64)46(56)66/h9-22,29-30,35-44,57-58H,23-28H2,1-8H3,(H2,55,65)(H2,56,66)(H,59,69)(H,60,70)(H,61,67)(H,62,68). The zero-order chi connectivity index (χ0) is 53.8. The molecule has 10 N–H and O–H groups in total. The third-order valence-corrected chi connectivity index (χ3v) is 18.2. The molecular weight excluding hydrogens is 981 g/mol. The van der Waals surface area contributed by atoms with Crippen molar-refractivity contribution in [1.29, 1.82) is 0 Å². The van der Waals surface area contributed by atoms with Crippen molar-refractivity contribution in [3.05, 3.63) is 107 Å². The minimum absolute atomic E-state index is 0.126. The van der Waals surface area contributed by atoms with Crippen molar-refractivity contribution in [3.63, 3.8) is 0 Å². The van der Waals surface area contributed by atoms with E-state index >= 15 is 0 Å². The summed E-state index contributed by atoms with van der Waals surface area (Å²) in [5, 5.41) is 16.0. The van der Waals surface area contributed by atoms with Crippen molar-refractivity contribution in [3.8, 4) is 0 Å². The first kappa shape index (κ1) is 55.8. The van der Waals surface area contributed by atoms with Crippen molar-refractivity contribution >= 4 is 70.8 Å². The summed E-state index contributed by atoms with van der Waals surface area (Å²) in [4.78, 5) is 114. The van der Waals surface area contributed by atoms with Crippen molar-refractivity contribution in [2.75, 3.05) is 14.1 Å². The average molecular weight is 1050 g/mol. The summed E-state index contributed by atoms with van der Waals surface area (Å²) in [6, 6.07) is 21.1.